The fourth-order valence-electron chi connectivity index (χ4n) is 3.14. The highest BCUT2D eigenvalue weighted by Crippen LogP contribution is 2.35. The monoisotopic (exact) mass is 433 g/mol. The molecule has 3 heterocycles. The quantitative estimate of drug-likeness (QED) is 0.628. The highest BCUT2D eigenvalue weighted by Gasteiger charge is 2.19. The Morgan fingerprint density at radius 2 is 1.90 bits per heavy atom. The molecular formula is C22H23N7OS. The number of aromatic nitrogens is 3. The number of hydrogen-bond donors (Lipinski definition) is 1. The lowest BCUT2D eigenvalue weighted by molar-refractivity contribution is 0.283. The average molecular weight is 434 g/mol. The van der Waals surface area contributed by atoms with Gasteiger partial charge in [-0.05, 0) is 49.0 Å². The summed E-state index contributed by atoms with van der Waals surface area (Å²) in [5.74, 6) is 1.64. The number of anilines is 2. The molecule has 8 nitrogen and oxygen atoms in total. The van der Waals surface area contributed by atoms with Gasteiger partial charge in [-0.3, -0.25) is 0 Å². The maximum atomic E-state index is 9.01. The van der Waals surface area contributed by atoms with Crippen LogP contribution in [0.4, 0.5) is 11.8 Å². The van der Waals surface area contributed by atoms with Crippen LogP contribution < -0.4 is 15.4 Å². The molecule has 1 aliphatic rings. The van der Waals surface area contributed by atoms with Crippen LogP contribution in [0.5, 0.6) is 5.88 Å². The zero-order chi connectivity index (χ0) is 21.6. The number of pyridine rings is 1. The van der Waals surface area contributed by atoms with Gasteiger partial charge in [0, 0.05) is 37.3 Å². The van der Waals surface area contributed by atoms with E-state index in [0.29, 0.717) is 29.8 Å². The molecular weight excluding hydrogens is 410 g/mol. The second kappa shape index (κ2) is 9.64. The van der Waals surface area contributed by atoms with E-state index >= 15 is 0 Å². The fourth-order valence-corrected chi connectivity index (χ4v) is 3.96. The van der Waals surface area contributed by atoms with Crippen molar-refractivity contribution in [3.05, 3.63) is 59.9 Å². The van der Waals surface area contributed by atoms with E-state index in [9.17, 15) is 0 Å². The molecule has 1 aromatic carbocycles. The van der Waals surface area contributed by atoms with E-state index in [1.807, 2.05) is 18.2 Å². The van der Waals surface area contributed by atoms with E-state index in [1.54, 1.807) is 30.6 Å². The van der Waals surface area contributed by atoms with Crippen molar-refractivity contribution in [3.8, 4) is 11.9 Å². The molecule has 3 aromatic rings. The Kier molecular flexibility index (Phi) is 6.50. The first-order valence-electron chi connectivity index (χ1n) is 9.92. The van der Waals surface area contributed by atoms with E-state index < -0.39 is 0 Å². The molecule has 0 amide bonds. The minimum atomic E-state index is 0.326. The number of hydrogen-bond acceptors (Lipinski definition) is 9. The van der Waals surface area contributed by atoms with Gasteiger partial charge in [0.1, 0.15) is 12.4 Å². The fraction of sp³-hybridized carbons (Fsp3) is 0.273. The number of nitrogens with zero attached hydrogens (tertiary/aromatic N) is 6. The van der Waals surface area contributed by atoms with Crippen molar-refractivity contribution in [1.82, 2.24) is 19.9 Å². The molecule has 0 aliphatic carbocycles. The molecule has 1 aliphatic heterocycles. The standard InChI is InChI=1S/C22H23N7OS/c1-28-8-10-29(11-9-28)22-26-14-19(31-18-4-2-16(13-23)3-5-18)21(27-22)30-15-17-6-7-25-20(24)12-17/h2-7,12,14H,8-11,15H2,1H3,(H2,24,25). The van der Waals surface area contributed by atoms with Crippen LogP contribution in [0.25, 0.3) is 0 Å². The number of nitrogens with two attached hydrogens (primary N) is 1. The summed E-state index contributed by atoms with van der Waals surface area (Å²) >= 11 is 1.50. The molecule has 0 unspecified atom stereocenters. The van der Waals surface area contributed by atoms with Crippen molar-refractivity contribution in [2.24, 2.45) is 0 Å². The van der Waals surface area contributed by atoms with E-state index in [0.717, 1.165) is 41.5 Å². The number of ether oxygens (including phenoxy) is 1. The third kappa shape index (κ3) is 5.42. The van der Waals surface area contributed by atoms with Crippen molar-refractivity contribution in [2.45, 2.75) is 16.4 Å². The van der Waals surface area contributed by atoms with E-state index in [4.69, 9.17) is 20.7 Å². The van der Waals surface area contributed by atoms with Crippen molar-refractivity contribution < 1.29 is 4.74 Å². The van der Waals surface area contributed by atoms with Crippen LogP contribution in [0.15, 0.2) is 58.6 Å². The molecule has 1 saturated heterocycles. The largest absolute Gasteiger partial charge is 0.472 e. The van der Waals surface area contributed by atoms with Crippen LogP contribution in [0.2, 0.25) is 0 Å². The van der Waals surface area contributed by atoms with Gasteiger partial charge in [-0.15, -0.1) is 0 Å². The second-order valence-corrected chi connectivity index (χ2v) is 8.36. The summed E-state index contributed by atoms with van der Waals surface area (Å²) in [6.45, 7) is 4.01. The first-order chi connectivity index (χ1) is 15.1. The molecule has 0 atom stereocenters. The predicted molar refractivity (Wildman–Crippen MR) is 120 cm³/mol. The molecule has 2 N–H and O–H groups in total. The summed E-state index contributed by atoms with van der Waals surface area (Å²) < 4.78 is 6.10. The van der Waals surface area contributed by atoms with Gasteiger partial charge >= 0.3 is 0 Å². The molecule has 0 saturated carbocycles. The Bertz CT molecular complexity index is 1080. The molecule has 9 heteroatoms. The Morgan fingerprint density at radius 3 is 2.61 bits per heavy atom. The Hall–Kier alpha value is -3.35. The number of benzene rings is 1. The van der Waals surface area contributed by atoms with Gasteiger partial charge in [0.05, 0.1) is 22.7 Å². The predicted octanol–water partition coefficient (Wildman–Crippen LogP) is 2.81. The maximum Gasteiger partial charge on any atom is 0.232 e. The summed E-state index contributed by atoms with van der Waals surface area (Å²) in [7, 11) is 2.12. The molecule has 0 spiro atoms. The van der Waals surface area contributed by atoms with Gasteiger partial charge in [-0.25, -0.2) is 9.97 Å². The first-order valence-corrected chi connectivity index (χ1v) is 10.7. The lowest BCUT2D eigenvalue weighted by atomic mass is 10.2. The van der Waals surface area contributed by atoms with Gasteiger partial charge in [0.2, 0.25) is 11.8 Å². The molecule has 31 heavy (non-hydrogen) atoms. The number of rotatable bonds is 6. The third-order valence-electron chi connectivity index (χ3n) is 4.93. The van der Waals surface area contributed by atoms with Gasteiger partial charge in [0.15, 0.2) is 0 Å². The molecule has 1 fully saturated rings. The number of nitrogen functional groups attached to an aromatic ring is 1. The second-order valence-electron chi connectivity index (χ2n) is 7.25. The third-order valence-corrected chi connectivity index (χ3v) is 5.94. The van der Waals surface area contributed by atoms with Crippen LogP contribution >= 0.6 is 11.8 Å². The number of nitriles is 1. The van der Waals surface area contributed by atoms with Crippen LogP contribution in [0.3, 0.4) is 0 Å². The molecule has 0 bridgehead atoms. The van der Waals surface area contributed by atoms with E-state index in [-0.39, 0.29) is 0 Å². The normalized spacial score (nSPS) is 14.3. The van der Waals surface area contributed by atoms with E-state index in [2.05, 4.69) is 32.9 Å². The van der Waals surface area contributed by atoms with Gasteiger partial charge in [-0.1, -0.05) is 11.8 Å². The highest BCUT2D eigenvalue weighted by molar-refractivity contribution is 7.99. The van der Waals surface area contributed by atoms with Crippen LogP contribution in [0, 0.1) is 11.3 Å². The zero-order valence-corrected chi connectivity index (χ0v) is 18.0. The van der Waals surface area contributed by atoms with Crippen LogP contribution in [0.1, 0.15) is 11.1 Å². The molecule has 158 valence electrons. The Morgan fingerprint density at radius 1 is 1.13 bits per heavy atom. The van der Waals surface area contributed by atoms with Crippen LogP contribution in [-0.4, -0.2) is 53.1 Å². The highest BCUT2D eigenvalue weighted by atomic mass is 32.2. The minimum Gasteiger partial charge on any atom is -0.472 e. The van der Waals surface area contributed by atoms with Crippen molar-refractivity contribution in [1.29, 1.82) is 5.26 Å². The summed E-state index contributed by atoms with van der Waals surface area (Å²) in [5, 5.41) is 9.01. The zero-order valence-electron chi connectivity index (χ0n) is 17.2. The average Bonchev–Trinajstić information content (AvgIpc) is 2.79. The lowest BCUT2D eigenvalue weighted by Gasteiger charge is -2.32. The lowest BCUT2D eigenvalue weighted by Crippen LogP contribution is -2.45. The Labute approximate surface area is 185 Å². The maximum absolute atomic E-state index is 9.01. The number of piperazine rings is 1. The topological polar surface area (TPSA) is 104 Å². The van der Waals surface area contributed by atoms with Gasteiger partial charge in [0.25, 0.3) is 0 Å². The van der Waals surface area contributed by atoms with Gasteiger partial charge in [-0.2, -0.15) is 10.2 Å². The summed E-state index contributed by atoms with van der Waals surface area (Å²) in [6, 6.07) is 13.2. The summed E-state index contributed by atoms with van der Waals surface area (Å²) in [4.78, 5) is 19.6. The molecule has 0 radical (unpaired) electrons. The summed E-state index contributed by atoms with van der Waals surface area (Å²) in [6.07, 6.45) is 3.47. The minimum absolute atomic E-state index is 0.326. The Balaban J connectivity index is 1.58. The number of likely N-dealkylation sites (N-methyl/N-ethyl adjacent to an activating group) is 1. The first kappa shape index (κ1) is 20.9. The molecule has 4 rings (SSSR count). The van der Waals surface area contributed by atoms with Crippen LogP contribution in [-0.2, 0) is 6.61 Å². The smallest absolute Gasteiger partial charge is 0.232 e. The van der Waals surface area contributed by atoms with Crippen molar-refractivity contribution in [2.75, 3.05) is 43.9 Å². The van der Waals surface area contributed by atoms with E-state index in [1.165, 1.54) is 11.8 Å². The van der Waals surface area contributed by atoms with Gasteiger partial charge < -0.3 is 20.3 Å². The SMILES string of the molecule is CN1CCN(c2ncc(Sc3ccc(C#N)cc3)c(OCc3ccnc(N)c3)n2)CC1. The van der Waals surface area contributed by atoms with Crippen molar-refractivity contribution >= 4 is 23.5 Å². The molecule has 2 aromatic heterocycles. The van der Waals surface area contributed by atoms with Crippen molar-refractivity contribution in [3.63, 3.8) is 0 Å². The summed E-state index contributed by atoms with van der Waals surface area (Å²) in [5.41, 5.74) is 7.33.